The molecular formula is C31H33N5S. The molecule has 1 fully saturated rings. The highest BCUT2D eigenvalue weighted by Crippen LogP contribution is 2.35. The van der Waals surface area contributed by atoms with Gasteiger partial charge in [-0.25, -0.2) is 9.97 Å². The number of fused-ring (bicyclic) bond motifs is 1. The summed E-state index contributed by atoms with van der Waals surface area (Å²) in [5, 5.41) is 7.70. The van der Waals surface area contributed by atoms with Crippen molar-refractivity contribution in [2.45, 2.75) is 40.0 Å². The zero-order valence-corrected chi connectivity index (χ0v) is 22.5. The first kappa shape index (κ1) is 24.8. The lowest BCUT2D eigenvalue weighted by molar-refractivity contribution is 0.831. The quantitative estimate of drug-likeness (QED) is 0.221. The van der Waals surface area contributed by atoms with E-state index in [9.17, 15) is 0 Å². The van der Waals surface area contributed by atoms with E-state index in [0.717, 1.165) is 56.3 Å². The lowest BCUT2D eigenvalue weighted by Crippen LogP contribution is -1.99. The van der Waals surface area contributed by atoms with Crippen LogP contribution in [0.2, 0.25) is 0 Å². The van der Waals surface area contributed by atoms with Gasteiger partial charge in [0.25, 0.3) is 0 Å². The second-order valence-electron chi connectivity index (χ2n) is 9.17. The number of benzene rings is 2. The van der Waals surface area contributed by atoms with Crippen molar-refractivity contribution >= 4 is 39.2 Å². The smallest absolute Gasteiger partial charge is 0.187 e. The zero-order valence-electron chi connectivity index (χ0n) is 21.7. The minimum atomic E-state index is 0.836. The van der Waals surface area contributed by atoms with Gasteiger partial charge in [-0.3, -0.25) is 4.40 Å². The van der Waals surface area contributed by atoms with Gasteiger partial charge in [-0.1, -0.05) is 68.2 Å². The summed E-state index contributed by atoms with van der Waals surface area (Å²) in [6.45, 7) is 10.3. The van der Waals surface area contributed by atoms with Crippen LogP contribution in [0.1, 0.15) is 43.4 Å². The van der Waals surface area contributed by atoms with Crippen LogP contribution in [0.3, 0.4) is 0 Å². The number of hydrogen-bond acceptors (Lipinski definition) is 5. The van der Waals surface area contributed by atoms with Gasteiger partial charge in [0.1, 0.15) is 5.65 Å². The highest BCUT2D eigenvalue weighted by atomic mass is 32.1. The first-order valence-electron chi connectivity index (χ1n) is 12.9. The van der Waals surface area contributed by atoms with Gasteiger partial charge < -0.3 is 10.6 Å². The Morgan fingerprint density at radius 2 is 1.78 bits per heavy atom. The van der Waals surface area contributed by atoms with Crippen LogP contribution < -0.4 is 10.6 Å². The highest BCUT2D eigenvalue weighted by molar-refractivity contribution is 7.18. The molecule has 5 nitrogen and oxygen atoms in total. The van der Waals surface area contributed by atoms with Crippen molar-refractivity contribution in [2.24, 2.45) is 5.92 Å². The van der Waals surface area contributed by atoms with Gasteiger partial charge in [0.15, 0.2) is 5.13 Å². The van der Waals surface area contributed by atoms with Crippen LogP contribution in [0.5, 0.6) is 0 Å². The van der Waals surface area contributed by atoms with E-state index in [-0.39, 0.29) is 0 Å². The number of rotatable bonds is 8. The number of para-hydroxylation sites is 1. The van der Waals surface area contributed by atoms with Crippen molar-refractivity contribution in [1.82, 2.24) is 14.4 Å². The van der Waals surface area contributed by atoms with Crippen LogP contribution >= 0.6 is 11.3 Å². The number of nitrogens with zero attached hydrogens (tertiary/aromatic N) is 3. The summed E-state index contributed by atoms with van der Waals surface area (Å²) in [7, 11) is 0. The van der Waals surface area contributed by atoms with Crippen LogP contribution in [0, 0.1) is 12.8 Å². The molecule has 6 heteroatoms. The predicted octanol–water partition coefficient (Wildman–Crippen LogP) is 8.57. The topological polar surface area (TPSA) is 54.2 Å². The van der Waals surface area contributed by atoms with Crippen LogP contribution in [0.4, 0.5) is 16.5 Å². The normalized spacial score (nSPS) is 12.6. The van der Waals surface area contributed by atoms with Crippen molar-refractivity contribution in [2.75, 3.05) is 10.6 Å². The Balaban J connectivity index is 0.00000137. The molecule has 0 atom stereocenters. The van der Waals surface area contributed by atoms with E-state index in [1.807, 2.05) is 38.4 Å². The van der Waals surface area contributed by atoms with Gasteiger partial charge in [0.05, 0.1) is 16.8 Å². The molecule has 0 bridgehead atoms. The molecule has 1 aliphatic carbocycles. The summed E-state index contributed by atoms with van der Waals surface area (Å²) in [6, 6.07) is 20.8. The lowest BCUT2D eigenvalue weighted by Gasteiger charge is -2.12. The van der Waals surface area contributed by atoms with Gasteiger partial charge in [0.2, 0.25) is 0 Å². The molecular weight excluding hydrogens is 474 g/mol. The number of nitrogens with one attached hydrogen (secondary N) is 2. The first-order valence-corrected chi connectivity index (χ1v) is 13.8. The Labute approximate surface area is 222 Å². The van der Waals surface area contributed by atoms with Crippen molar-refractivity contribution in [1.29, 1.82) is 0 Å². The summed E-state index contributed by atoms with van der Waals surface area (Å²) in [4.78, 5) is 10.4. The minimum absolute atomic E-state index is 0.836. The van der Waals surface area contributed by atoms with Crippen LogP contribution in [-0.2, 0) is 6.42 Å². The maximum Gasteiger partial charge on any atom is 0.187 e. The van der Waals surface area contributed by atoms with E-state index < -0.39 is 0 Å². The molecule has 0 spiro atoms. The van der Waals surface area contributed by atoms with Gasteiger partial charge in [-0.2, -0.15) is 0 Å². The van der Waals surface area contributed by atoms with Crippen molar-refractivity contribution < 1.29 is 0 Å². The molecule has 2 aromatic carbocycles. The standard InChI is InChI=1S/C29H27N5S.C2H6/c1-19-6-3-4-8-25(19)32-20(2)22-11-13-24(14-12-22)33-29-31-18-27(35-29)26-17-30-28-23(16-21-9-10-21)7-5-15-34(26)28;1-2/h3-8,11-15,17-18,21,32H,2,9-10,16H2,1H3,(H,31,33);1-2H3. The molecule has 37 heavy (non-hydrogen) atoms. The maximum absolute atomic E-state index is 4.74. The Bertz CT molecular complexity index is 1510. The van der Waals surface area contributed by atoms with Crippen molar-refractivity contribution in [3.63, 3.8) is 0 Å². The van der Waals surface area contributed by atoms with Crippen molar-refractivity contribution in [3.8, 4) is 10.6 Å². The van der Waals surface area contributed by atoms with E-state index in [0.29, 0.717) is 0 Å². The molecule has 188 valence electrons. The summed E-state index contributed by atoms with van der Waals surface area (Å²) in [6.07, 6.45) is 9.79. The molecule has 0 aliphatic heterocycles. The third-order valence-electron chi connectivity index (χ3n) is 6.50. The van der Waals surface area contributed by atoms with Crippen LogP contribution in [0.15, 0.2) is 85.8 Å². The highest BCUT2D eigenvalue weighted by Gasteiger charge is 2.23. The number of anilines is 3. The Morgan fingerprint density at radius 1 is 1.00 bits per heavy atom. The molecule has 3 aromatic heterocycles. The average Bonchev–Trinajstić information content (AvgIpc) is 3.44. The number of hydrogen-bond donors (Lipinski definition) is 2. The number of imidazole rings is 1. The number of aryl methyl sites for hydroxylation is 1. The van der Waals surface area contributed by atoms with Gasteiger partial charge in [-0.05, 0) is 73.1 Å². The van der Waals surface area contributed by atoms with E-state index >= 15 is 0 Å². The molecule has 5 aromatic rings. The maximum atomic E-state index is 4.74. The Kier molecular flexibility index (Phi) is 7.37. The molecule has 0 saturated heterocycles. The largest absolute Gasteiger partial charge is 0.355 e. The second-order valence-corrected chi connectivity index (χ2v) is 10.2. The summed E-state index contributed by atoms with van der Waals surface area (Å²) < 4.78 is 2.19. The number of thiazole rings is 1. The molecule has 0 amide bonds. The molecule has 3 heterocycles. The minimum Gasteiger partial charge on any atom is -0.355 e. The lowest BCUT2D eigenvalue weighted by atomic mass is 10.1. The molecule has 1 saturated carbocycles. The van der Waals surface area contributed by atoms with Crippen molar-refractivity contribution in [3.05, 3.63) is 103 Å². The molecule has 2 N–H and O–H groups in total. The fraction of sp³-hybridized carbons (Fsp3) is 0.226. The van der Waals surface area contributed by atoms with E-state index in [4.69, 9.17) is 4.98 Å². The van der Waals surface area contributed by atoms with E-state index in [1.54, 1.807) is 11.3 Å². The predicted molar refractivity (Wildman–Crippen MR) is 158 cm³/mol. The molecule has 0 radical (unpaired) electrons. The Morgan fingerprint density at radius 3 is 2.54 bits per heavy atom. The third-order valence-corrected chi connectivity index (χ3v) is 7.43. The van der Waals surface area contributed by atoms with E-state index in [2.05, 4.69) is 88.2 Å². The molecule has 0 unspecified atom stereocenters. The van der Waals surface area contributed by atoms with E-state index in [1.165, 1.54) is 24.0 Å². The molecule has 6 rings (SSSR count). The second kappa shape index (κ2) is 11.0. The monoisotopic (exact) mass is 507 g/mol. The fourth-order valence-electron chi connectivity index (χ4n) is 4.32. The van der Waals surface area contributed by atoms with Gasteiger partial charge in [0, 0.05) is 29.5 Å². The van der Waals surface area contributed by atoms with Gasteiger partial charge >= 0.3 is 0 Å². The Hall–Kier alpha value is -3.90. The zero-order chi connectivity index (χ0) is 25.8. The number of pyridine rings is 1. The fourth-order valence-corrected chi connectivity index (χ4v) is 5.16. The van der Waals surface area contributed by atoms with Crippen LogP contribution in [-0.4, -0.2) is 14.4 Å². The SMILES string of the molecule is C=C(Nc1ccccc1C)c1ccc(Nc2ncc(-c3cnc4c(CC5CC5)cccn34)s2)cc1.CC. The van der Waals surface area contributed by atoms with Gasteiger partial charge in [-0.15, -0.1) is 0 Å². The summed E-state index contributed by atoms with van der Waals surface area (Å²) in [5.41, 5.74) is 8.65. The average molecular weight is 508 g/mol. The third kappa shape index (κ3) is 5.59. The summed E-state index contributed by atoms with van der Waals surface area (Å²) >= 11 is 1.63. The first-order chi connectivity index (χ1) is 18.1. The number of aromatic nitrogens is 3. The molecule has 1 aliphatic rings. The summed E-state index contributed by atoms with van der Waals surface area (Å²) in [5.74, 6) is 0.836. The van der Waals surface area contributed by atoms with Crippen LogP contribution in [0.25, 0.3) is 21.9 Å².